The van der Waals surface area contributed by atoms with Gasteiger partial charge in [0, 0.05) is 17.3 Å². The number of amides is 1. The molecule has 1 atom stereocenters. The number of rotatable bonds is 7. The Hall–Kier alpha value is -0.580. The number of halogens is 1. The summed E-state index contributed by atoms with van der Waals surface area (Å²) < 4.78 is 0. The van der Waals surface area contributed by atoms with E-state index in [4.69, 9.17) is 0 Å². The normalized spacial score (nSPS) is 17.0. The van der Waals surface area contributed by atoms with E-state index in [2.05, 4.69) is 41.6 Å². The summed E-state index contributed by atoms with van der Waals surface area (Å²) in [6.07, 6.45) is 5.75. The predicted molar refractivity (Wildman–Crippen MR) is 96.8 cm³/mol. The molecule has 1 unspecified atom stereocenters. The van der Waals surface area contributed by atoms with Gasteiger partial charge in [-0.2, -0.15) is 0 Å². The number of likely N-dealkylation sites (tertiary alicyclic amines) is 1. The molecule has 2 heterocycles. The van der Waals surface area contributed by atoms with E-state index in [1.807, 2.05) is 0 Å². The van der Waals surface area contributed by atoms with E-state index < -0.39 is 0 Å². The summed E-state index contributed by atoms with van der Waals surface area (Å²) in [6, 6.07) is 4.66. The lowest BCUT2D eigenvalue weighted by molar-refractivity contribution is -0.125. The lowest BCUT2D eigenvalue weighted by Crippen LogP contribution is -2.41. The molecular formula is C17H29ClN2OS. The summed E-state index contributed by atoms with van der Waals surface area (Å²) in [5, 5.41) is 5.33. The summed E-state index contributed by atoms with van der Waals surface area (Å²) >= 11 is 1.80. The van der Waals surface area contributed by atoms with E-state index in [1.165, 1.54) is 24.1 Å². The molecule has 0 bridgehead atoms. The van der Waals surface area contributed by atoms with E-state index in [-0.39, 0.29) is 24.2 Å². The SMILES string of the molecule is CCC(CC)C(=O)NCC(c1cccs1)N1CCCCC1.Cl. The van der Waals surface area contributed by atoms with Crippen LogP contribution in [0.4, 0.5) is 0 Å². The molecule has 0 spiro atoms. The van der Waals surface area contributed by atoms with Crippen molar-refractivity contribution in [1.82, 2.24) is 10.2 Å². The lowest BCUT2D eigenvalue weighted by Gasteiger charge is -2.34. The summed E-state index contributed by atoms with van der Waals surface area (Å²) in [7, 11) is 0. The molecule has 22 heavy (non-hydrogen) atoms. The van der Waals surface area contributed by atoms with Gasteiger partial charge in [0.1, 0.15) is 0 Å². The molecule has 126 valence electrons. The van der Waals surface area contributed by atoms with E-state index in [1.54, 1.807) is 11.3 Å². The van der Waals surface area contributed by atoms with Gasteiger partial charge in [-0.05, 0) is 50.2 Å². The van der Waals surface area contributed by atoms with Gasteiger partial charge in [-0.3, -0.25) is 9.69 Å². The minimum absolute atomic E-state index is 0. The molecule has 1 aliphatic heterocycles. The van der Waals surface area contributed by atoms with Gasteiger partial charge >= 0.3 is 0 Å². The summed E-state index contributed by atoms with van der Waals surface area (Å²) in [5.74, 6) is 0.383. The van der Waals surface area contributed by atoms with Gasteiger partial charge in [-0.15, -0.1) is 23.7 Å². The largest absolute Gasteiger partial charge is 0.354 e. The van der Waals surface area contributed by atoms with E-state index in [9.17, 15) is 4.79 Å². The Labute approximate surface area is 144 Å². The van der Waals surface area contributed by atoms with Gasteiger partial charge in [0.15, 0.2) is 0 Å². The van der Waals surface area contributed by atoms with E-state index in [0.29, 0.717) is 6.04 Å². The van der Waals surface area contributed by atoms with Crippen molar-refractivity contribution in [2.75, 3.05) is 19.6 Å². The molecule has 1 aromatic heterocycles. The summed E-state index contributed by atoms with van der Waals surface area (Å²) in [4.78, 5) is 16.2. The van der Waals surface area contributed by atoms with Crippen LogP contribution in [0.3, 0.4) is 0 Å². The zero-order valence-electron chi connectivity index (χ0n) is 13.7. The van der Waals surface area contributed by atoms with Gasteiger partial charge < -0.3 is 5.32 Å². The fourth-order valence-corrected chi connectivity index (χ4v) is 3.98. The first-order chi connectivity index (χ1) is 10.3. The Morgan fingerprint density at radius 3 is 2.50 bits per heavy atom. The van der Waals surface area contributed by atoms with Crippen molar-refractivity contribution >= 4 is 29.7 Å². The third kappa shape index (κ3) is 5.25. The Balaban J connectivity index is 0.00000242. The Morgan fingerprint density at radius 2 is 1.95 bits per heavy atom. The highest BCUT2D eigenvalue weighted by Crippen LogP contribution is 2.27. The zero-order valence-corrected chi connectivity index (χ0v) is 15.3. The maximum atomic E-state index is 12.2. The molecule has 1 aliphatic rings. The van der Waals surface area contributed by atoms with Crippen LogP contribution in [0.25, 0.3) is 0 Å². The average Bonchev–Trinajstić information content (AvgIpc) is 3.04. The molecule has 3 nitrogen and oxygen atoms in total. The van der Waals surface area contributed by atoms with Crippen molar-refractivity contribution < 1.29 is 4.79 Å². The third-order valence-electron chi connectivity index (χ3n) is 4.53. The molecule has 0 aliphatic carbocycles. The smallest absolute Gasteiger partial charge is 0.223 e. The van der Waals surface area contributed by atoms with Crippen LogP contribution in [0, 0.1) is 5.92 Å². The molecule has 1 aromatic rings. The predicted octanol–water partition coefficient (Wildman–Crippen LogP) is 4.25. The first kappa shape index (κ1) is 19.5. The highest BCUT2D eigenvalue weighted by Gasteiger charge is 2.24. The van der Waals surface area contributed by atoms with Crippen LogP contribution < -0.4 is 5.32 Å². The van der Waals surface area contributed by atoms with Crippen LogP contribution in [-0.2, 0) is 4.79 Å². The zero-order chi connectivity index (χ0) is 15.1. The van der Waals surface area contributed by atoms with E-state index in [0.717, 1.165) is 32.5 Å². The van der Waals surface area contributed by atoms with Gasteiger partial charge in [0.2, 0.25) is 5.91 Å². The highest BCUT2D eigenvalue weighted by atomic mass is 35.5. The fourth-order valence-electron chi connectivity index (χ4n) is 3.12. The van der Waals surface area contributed by atoms with Crippen LogP contribution in [0.5, 0.6) is 0 Å². The Morgan fingerprint density at radius 1 is 1.27 bits per heavy atom. The Bertz CT molecular complexity index is 414. The van der Waals surface area contributed by atoms with Crippen LogP contribution in [0.15, 0.2) is 17.5 Å². The van der Waals surface area contributed by atoms with Gasteiger partial charge in [-0.1, -0.05) is 26.3 Å². The van der Waals surface area contributed by atoms with Gasteiger partial charge in [-0.25, -0.2) is 0 Å². The second-order valence-corrected chi connectivity index (χ2v) is 6.87. The molecular weight excluding hydrogens is 316 g/mol. The first-order valence-electron chi connectivity index (χ1n) is 8.31. The van der Waals surface area contributed by atoms with E-state index >= 15 is 0 Å². The molecule has 1 amide bonds. The van der Waals surface area contributed by atoms with Crippen LogP contribution in [0.2, 0.25) is 0 Å². The van der Waals surface area contributed by atoms with Crippen LogP contribution in [0.1, 0.15) is 56.9 Å². The van der Waals surface area contributed by atoms with Crippen molar-refractivity contribution in [2.24, 2.45) is 5.92 Å². The number of hydrogen-bond donors (Lipinski definition) is 1. The number of hydrogen-bond acceptors (Lipinski definition) is 3. The third-order valence-corrected chi connectivity index (χ3v) is 5.50. The summed E-state index contributed by atoms with van der Waals surface area (Å²) in [5.41, 5.74) is 0. The van der Waals surface area contributed by atoms with Crippen molar-refractivity contribution in [2.45, 2.75) is 52.0 Å². The van der Waals surface area contributed by atoms with Gasteiger partial charge in [0.05, 0.1) is 6.04 Å². The standard InChI is InChI=1S/C17H28N2OS.ClH/c1-3-14(4-2)17(20)18-13-15(16-9-8-12-21-16)19-10-6-5-7-11-19;/h8-9,12,14-15H,3-7,10-11,13H2,1-2H3,(H,18,20);1H. The number of nitrogens with one attached hydrogen (secondary N) is 1. The maximum Gasteiger partial charge on any atom is 0.223 e. The molecule has 5 heteroatoms. The quantitative estimate of drug-likeness (QED) is 0.802. The minimum atomic E-state index is 0. The molecule has 1 fully saturated rings. The number of piperidine rings is 1. The summed E-state index contributed by atoms with van der Waals surface area (Å²) in [6.45, 7) is 7.24. The molecule has 0 radical (unpaired) electrons. The van der Waals surface area contributed by atoms with Crippen molar-refractivity contribution in [1.29, 1.82) is 0 Å². The molecule has 1 N–H and O–H groups in total. The Kier molecular flexibility index (Phi) is 9.06. The van der Waals surface area contributed by atoms with Crippen LogP contribution in [-0.4, -0.2) is 30.4 Å². The topological polar surface area (TPSA) is 32.3 Å². The van der Waals surface area contributed by atoms with Crippen molar-refractivity contribution in [3.63, 3.8) is 0 Å². The molecule has 0 aromatic carbocycles. The number of thiophene rings is 1. The number of carbonyl (C=O) groups is 1. The van der Waals surface area contributed by atoms with Crippen molar-refractivity contribution in [3.05, 3.63) is 22.4 Å². The second-order valence-electron chi connectivity index (χ2n) is 5.89. The number of nitrogens with zero attached hydrogens (tertiary/aromatic N) is 1. The van der Waals surface area contributed by atoms with Crippen molar-refractivity contribution in [3.8, 4) is 0 Å². The molecule has 2 rings (SSSR count). The van der Waals surface area contributed by atoms with Gasteiger partial charge in [0.25, 0.3) is 0 Å². The average molecular weight is 345 g/mol. The van der Waals surface area contributed by atoms with Crippen LogP contribution >= 0.6 is 23.7 Å². The number of carbonyl (C=O) groups excluding carboxylic acids is 1. The first-order valence-corrected chi connectivity index (χ1v) is 9.19. The fraction of sp³-hybridized carbons (Fsp3) is 0.706. The molecule has 1 saturated heterocycles. The minimum Gasteiger partial charge on any atom is -0.354 e. The lowest BCUT2D eigenvalue weighted by atomic mass is 10.0. The second kappa shape index (κ2) is 10.2. The monoisotopic (exact) mass is 344 g/mol. The molecule has 0 saturated carbocycles. The maximum absolute atomic E-state index is 12.2. The highest BCUT2D eigenvalue weighted by molar-refractivity contribution is 7.10.